The molecule has 0 fully saturated rings. The second-order valence-electron chi connectivity index (χ2n) is 3.51. The second-order valence-corrected chi connectivity index (χ2v) is 4.94. The summed E-state index contributed by atoms with van der Waals surface area (Å²) >= 11 is 1.80. The molecule has 0 aliphatic carbocycles. The minimum absolute atomic E-state index is 0.0766. The van der Waals surface area contributed by atoms with E-state index in [0.29, 0.717) is 11.0 Å². The highest BCUT2D eigenvalue weighted by Crippen LogP contribution is 2.23. The molecular weight excluding hydrogens is 212 g/mol. The highest BCUT2D eigenvalue weighted by molar-refractivity contribution is 7.99. The van der Waals surface area contributed by atoms with Gasteiger partial charge in [0.1, 0.15) is 17.5 Å². The third-order valence-electron chi connectivity index (χ3n) is 2.32. The van der Waals surface area contributed by atoms with Crippen LogP contribution in [0.2, 0.25) is 0 Å². The first-order valence-corrected chi connectivity index (χ1v) is 6.01. The van der Waals surface area contributed by atoms with Gasteiger partial charge in [0.25, 0.3) is 0 Å². The van der Waals surface area contributed by atoms with E-state index in [1.165, 1.54) is 0 Å². The maximum Gasteiger partial charge on any atom is 0.150 e. The highest BCUT2D eigenvalue weighted by Gasteiger charge is 2.09. The van der Waals surface area contributed by atoms with Gasteiger partial charge in [0, 0.05) is 16.6 Å². The van der Waals surface area contributed by atoms with E-state index < -0.39 is 5.97 Å². The number of furan rings is 1. The molecule has 0 N–H and O–H groups in total. The molecule has 0 amide bonds. The zero-order chi connectivity index (χ0) is 11.4. The number of carbonyl (C=O) groups is 1. The van der Waals surface area contributed by atoms with Crippen LogP contribution in [0.25, 0.3) is 0 Å². The monoisotopic (exact) mass is 227 g/mol. The van der Waals surface area contributed by atoms with Crippen molar-refractivity contribution >= 4 is 17.7 Å². The van der Waals surface area contributed by atoms with E-state index in [1.54, 1.807) is 24.8 Å². The Morgan fingerprint density at radius 3 is 2.80 bits per heavy atom. The molecule has 3 nitrogen and oxygen atoms in total. The molecule has 4 heteroatoms. The molecule has 0 saturated heterocycles. The van der Waals surface area contributed by atoms with Crippen LogP contribution in [-0.4, -0.2) is 11.2 Å². The Kier molecular flexibility index (Phi) is 4.27. The topological polar surface area (TPSA) is 53.3 Å². The maximum absolute atomic E-state index is 10.5. The molecule has 0 unspecified atom stereocenters. The summed E-state index contributed by atoms with van der Waals surface area (Å²) in [6.45, 7) is 6.06. The third kappa shape index (κ3) is 3.30. The largest absolute Gasteiger partial charge is 0.542 e. The predicted molar refractivity (Wildman–Crippen MR) is 58.8 cm³/mol. The molecule has 0 radical (unpaired) electrons. The van der Waals surface area contributed by atoms with E-state index in [1.807, 2.05) is 0 Å². The number of aryl methyl sites for hydroxylation is 1. The zero-order valence-electron chi connectivity index (χ0n) is 9.20. The van der Waals surface area contributed by atoms with Gasteiger partial charge in [-0.1, -0.05) is 13.8 Å². The van der Waals surface area contributed by atoms with Gasteiger partial charge >= 0.3 is 0 Å². The lowest BCUT2D eigenvalue weighted by Crippen LogP contribution is -2.21. The number of hydrogen-bond donors (Lipinski definition) is 0. The number of carboxylic acid groups (broad SMARTS) is 1. The molecule has 0 saturated carbocycles. The molecular formula is C11H15O3S-. The molecule has 15 heavy (non-hydrogen) atoms. The van der Waals surface area contributed by atoms with Gasteiger partial charge in [-0.15, -0.1) is 0 Å². The van der Waals surface area contributed by atoms with Gasteiger partial charge in [-0.3, -0.25) is 0 Å². The van der Waals surface area contributed by atoms with Gasteiger partial charge < -0.3 is 14.3 Å². The van der Waals surface area contributed by atoms with Crippen molar-refractivity contribution in [2.75, 3.05) is 0 Å². The van der Waals surface area contributed by atoms with E-state index in [9.17, 15) is 9.90 Å². The lowest BCUT2D eigenvalue weighted by molar-refractivity contribution is -0.257. The molecule has 84 valence electrons. The van der Waals surface area contributed by atoms with Crippen LogP contribution < -0.4 is 5.11 Å². The fraction of sp³-hybridized carbons (Fsp3) is 0.545. The average molecular weight is 227 g/mol. The van der Waals surface area contributed by atoms with Crippen molar-refractivity contribution < 1.29 is 14.3 Å². The molecule has 0 aliphatic heterocycles. The number of carboxylic acids is 1. The van der Waals surface area contributed by atoms with E-state index >= 15 is 0 Å². The van der Waals surface area contributed by atoms with E-state index in [2.05, 4.69) is 13.8 Å². The number of hydrogen-bond acceptors (Lipinski definition) is 4. The molecule has 0 bridgehead atoms. The first kappa shape index (κ1) is 12.2. The number of thioether (sulfide) groups is 1. The van der Waals surface area contributed by atoms with Crippen molar-refractivity contribution in [1.82, 2.24) is 0 Å². The van der Waals surface area contributed by atoms with Crippen molar-refractivity contribution in [3.63, 3.8) is 0 Å². The van der Waals surface area contributed by atoms with Gasteiger partial charge in [-0.2, -0.15) is 11.8 Å². The van der Waals surface area contributed by atoms with Crippen LogP contribution in [0.1, 0.15) is 42.1 Å². The standard InChI is InChI=1S/C11H16O3S/c1-4-7(2)15-6-9-5-10(11(12)13)14-8(9)3/h5,7H,4,6H2,1-3H3,(H,12,13)/p-1/t7-/m0/s1. The first-order valence-electron chi connectivity index (χ1n) is 4.96. The van der Waals surface area contributed by atoms with Crippen LogP contribution in [0, 0.1) is 6.92 Å². The van der Waals surface area contributed by atoms with Crippen LogP contribution >= 0.6 is 11.8 Å². The zero-order valence-corrected chi connectivity index (χ0v) is 10.0. The minimum atomic E-state index is -1.25. The molecule has 0 aliphatic rings. The Labute approximate surface area is 93.9 Å². The lowest BCUT2D eigenvalue weighted by Gasteiger charge is -2.06. The van der Waals surface area contributed by atoms with Crippen LogP contribution in [0.3, 0.4) is 0 Å². The third-order valence-corrected chi connectivity index (χ3v) is 3.70. The van der Waals surface area contributed by atoms with E-state index in [4.69, 9.17) is 4.42 Å². The summed E-state index contributed by atoms with van der Waals surface area (Å²) in [7, 11) is 0. The summed E-state index contributed by atoms with van der Waals surface area (Å²) in [6.07, 6.45) is 1.11. The van der Waals surface area contributed by atoms with Crippen LogP contribution in [-0.2, 0) is 5.75 Å². The van der Waals surface area contributed by atoms with Crippen LogP contribution in [0.4, 0.5) is 0 Å². The summed E-state index contributed by atoms with van der Waals surface area (Å²) < 4.78 is 5.07. The molecule has 1 aromatic rings. The van der Waals surface area contributed by atoms with Gasteiger partial charge in [0.2, 0.25) is 0 Å². The smallest absolute Gasteiger partial charge is 0.150 e. The normalized spacial score (nSPS) is 12.7. The van der Waals surface area contributed by atoms with Crippen LogP contribution in [0.5, 0.6) is 0 Å². The van der Waals surface area contributed by atoms with Crippen molar-refractivity contribution in [1.29, 1.82) is 0 Å². The minimum Gasteiger partial charge on any atom is -0.542 e. The van der Waals surface area contributed by atoms with Crippen molar-refractivity contribution in [2.24, 2.45) is 0 Å². The average Bonchev–Trinajstić information content (AvgIpc) is 2.56. The number of rotatable bonds is 5. The van der Waals surface area contributed by atoms with Crippen molar-refractivity contribution in [3.8, 4) is 0 Å². The quantitative estimate of drug-likeness (QED) is 0.772. The van der Waals surface area contributed by atoms with E-state index in [-0.39, 0.29) is 5.76 Å². The molecule has 1 atom stereocenters. The van der Waals surface area contributed by atoms with Gasteiger partial charge in [0.05, 0.1) is 0 Å². The van der Waals surface area contributed by atoms with E-state index in [0.717, 1.165) is 17.7 Å². The van der Waals surface area contributed by atoms with Crippen molar-refractivity contribution in [2.45, 2.75) is 38.2 Å². The lowest BCUT2D eigenvalue weighted by atomic mass is 10.3. The predicted octanol–water partition coefficient (Wildman–Crippen LogP) is 1.98. The van der Waals surface area contributed by atoms with Gasteiger partial charge in [0.15, 0.2) is 0 Å². The molecule has 0 spiro atoms. The Hall–Kier alpha value is -0.900. The highest BCUT2D eigenvalue weighted by atomic mass is 32.2. The first-order chi connectivity index (χ1) is 7.04. The van der Waals surface area contributed by atoms with Gasteiger partial charge in [-0.05, 0) is 19.4 Å². The SMILES string of the molecule is CC[C@H](C)SCc1cc(C(=O)[O-])oc1C. The van der Waals surface area contributed by atoms with Crippen molar-refractivity contribution in [3.05, 3.63) is 23.2 Å². The molecule has 1 aromatic heterocycles. The van der Waals surface area contributed by atoms with Gasteiger partial charge in [-0.25, -0.2) is 0 Å². The number of carbonyl (C=O) groups excluding carboxylic acids is 1. The summed E-state index contributed by atoms with van der Waals surface area (Å²) in [6, 6.07) is 1.56. The second kappa shape index (κ2) is 5.26. The summed E-state index contributed by atoms with van der Waals surface area (Å²) in [5.74, 6) is 0.132. The Balaban J connectivity index is 2.65. The number of aromatic carboxylic acids is 1. The fourth-order valence-corrected chi connectivity index (χ4v) is 2.10. The van der Waals surface area contributed by atoms with Crippen LogP contribution in [0.15, 0.2) is 10.5 Å². The Bertz CT molecular complexity index is 344. The molecule has 1 rings (SSSR count). The molecule has 0 aromatic carbocycles. The Morgan fingerprint density at radius 1 is 1.67 bits per heavy atom. The Morgan fingerprint density at radius 2 is 2.33 bits per heavy atom. The fourth-order valence-electron chi connectivity index (χ4n) is 1.11. The maximum atomic E-state index is 10.5. The molecule has 1 heterocycles. The summed E-state index contributed by atoms with van der Waals surface area (Å²) in [5, 5.41) is 11.1. The summed E-state index contributed by atoms with van der Waals surface area (Å²) in [5.41, 5.74) is 0.944. The summed E-state index contributed by atoms with van der Waals surface area (Å²) in [4.78, 5) is 10.5.